The summed E-state index contributed by atoms with van der Waals surface area (Å²) in [5.41, 5.74) is 1.29. The van der Waals surface area contributed by atoms with E-state index >= 15 is 0 Å². The van der Waals surface area contributed by atoms with Crippen molar-refractivity contribution in [2.45, 2.75) is 32.2 Å². The SMILES string of the molecule is C=C1CCN(C=O)[C@@H](CC)C1. The summed E-state index contributed by atoms with van der Waals surface area (Å²) in [5.74, 6) is 0. The summed E-state index contributed by atoms with van der Waals surface area (Å²) in [4.78, 5) is 12.4. The maximum atomic E-state index is 10.5. The Bertz CT molecular complexity index is 165. The predicted octanol–water partition coefficient (Wildman–Crippen LogP) is 1.57. The van der Waals surface area contributed by atoms with Crippen molar-refractivity contribution in [1.82, 2.24) is 4.90 Å². The van der Waals surface area contributed by atoms with Gasteiger partial charge in [-0.25, -0.2) is 0 Å². The highest BCUT2D eigenvalue weighted by atomic mass is 16.1. The van der Waals surface area contributed by atoms with E-state index in [-0.39, 0.29) is 0 Å². The fourth-order valence-corrected chi connectivity index (χ4v) is 1.54. The molecule has 0 unspecified atom stereocenters. The van der Waals surface area contributed by atoms with Gasteiger partial charge < -0.3 is 4.90 Å². The third-order valence-electron chi connectivity index (χ3n) is 2.32. The lowest BCUT2D eigenvalue weighted by molar-refractivity contribution is -0.120. The Morgan fingerprint density at radius 1 is 1.82 bits per heavy atom. The molecule has 1 fully saturated rings. The molecule has 0 spiro atoms. The fraction of sp³-hybridized carbons (Fsp3) is 0.667. The second-order valence-electron chi connectivity index (χ2n) is 3.11. The highest BCUT2D eigenvalue weighted by molar-refractivity contribution is 5.48. The second kappa shape index (κ2) is 3.56. The molecule has 1 atom stereocenters. The predicted molar refractivity (Wildman–Crippen MR) is 45.2 cm³/mol. The molecule has 0 aromatic carbocycles. The molecule has 0 bridgehead atoms. The van der Waals surface area contributed by atoms with Crippen molar-refractivity contribution in [1.29, 1.82) is 0 Å². The van der Waals surface area contributed by atoms with Crippen molar-refractivity contribution in [2.24, 2.45) is 0 Å². The molecule has 1 heterocycles. The number of carbonyl (C=O) groups excluding carboxylic acids is 1. The number of carbonyl (C=O) groups is 1. The van der Waals surface area contributed by atoms with Gasteiger partial charge in [0.1, 0.15) is 0 Å². The summed E-state index contributed by atoms with van der Waals surface area (Å²) in [6.45, 7) is 6.91. The first-order chi connectivity index (χ1) is 5.27. The van der Waals surface area contributed by atoms with Gasteiger partial charge in [0.2, 0.25) is 6.41 Å². The van der Waals surface area contributed by atoms with Crippen molar-refractivity contribution in [2.75, 3.05) is 6.54 Å². The Hall–Kier alpha value is -0.790. The van der Waals surface area contributed by atoms with E-state index < -0.39 is 0 Å². The van der Waals surface area contributed by atoms with E-state index in [2.05, 4.69) is 13.5 Å². The minimum atomic E-state index is 0.411. The van der Waals surface area contributed by atoms with Gasteiger partial charge in [-0.1, -0.05) is 19.1 Å². The van der Waals surface area contributed by atoms with Crippen molar-refractivity contribution >= 4 is 6.41 Å². The van der Waals surface area contributed by atoms with Crippen LogP contribution in [0.2, 0.25) is 0 Å². The zero-order valence-corrected chi connectivity index (χ0v) is 7.05. The maximum Gasteiger partial charge on any atom is 0.209 e. The van der Waals surface area contributed by atoms with Crippen molar-refractivity contribution in [3.63, 3.8) is 0 Å². The Kier molecular flexibility index (Phi) is 2.69. The van der Waals surface area contributed by atoms with Gasteiger partial charge in [0.05, 0.1) is 0 Å². The van der Waals surface area contributed by atoms with Crippen LogP contribution in [-0.2, 0) is 4.79 Å². The minimum absolute atomic E-state index is 0.411. The fourth-order valence-electron chi connectivity index (χ4n) is 1.54. The zero-order chi connectivity index (χ0) is 8.27. The molecule has 0 radical (unpaired) electrons. The van der Waals surface area contributed by atoms with Crippen LogP contribution in [-0.4, -0.2) is 23.9 Å². The summed E-state index contributed by atoms with van der Waals surface area (Å²) in [7, 11) is 0. The minimum Gasteiger partial charge on any atom is -0.342 e. The summed E-state index contributed by atoms with van der Waals surface area (Å²) >= 11 is 0. The molecule has 62 valence electrons. The standard InChI is InChI=1S/C9H15NO/c1-3-9-6-8(2)4-5-10(9)7-11/h7,9H,2-6H2,1H3/t9-/m0/s1. The highest BCUT2D eigenvalue weighted by Gasteiger charge is 2.20. The van der Waals surface area contributed by atoms with Crippen LogP contribution in [0.3, 0.4) is 0 Å². The number of piperidine rings is 1. The molecular formula is C9H15NO. The van der Waals surface area contributed by atoms with Crippen LogP contribution in [0.15, 0.2) is 12.2 Å². The van der Waals surface area contributed by atoms with E-state index in [1.54, 1.807) is 0 Å². The van der Waals surface area contributed by atoms with E-state index in [1.165, 1.54) is 5.57 Å². The lowest BCUT2D eigenvalue weighted by atomic mass is 9.97. The Balaban J connectivity index is 2.54. The highest BCUT2D eigenvalue weighted by Crippen LogP contribution is 2.21. The molecule has 11 heavy (non-hydrogen) atoms. The van der Waals surface area contributed by atoms with Gasteiger partial charge in [-0.15, -0.1) is 0 Å². The van der Waals surface area contributed by atoms with Crippen LogP contribution in [0, 0.1) is 0 Å². The van der Waals surface area contributed by atoms with E-state index in [0.717, 1.165) is 32.2 Å². The van der Waals surface area contributed by atoms with Crippen molar-refractivity contribution in [3.05, 3.63) is 12.2 Å². The van der Waals surface area contributed by atoms with E-state index in [4.69, 9.17) is 0 Å². The van der Waals surface area contributed by atoms with Gasteiger partial charge in [0, 0.05) is 12.6 Å². The number of likely N-dealkylation sites (tertiary alicyclic amines) is 1. The first-order valence-electron chi connectivity index (χ1n) is 4.15. The number of hydrogen-bond acceptors (Lipinski definition) is 1. The summed E-state index contributed by atoms with van der Waals surface area (Å²) in [5, 5.41) is 0. The Morgan fingerprint density at radius 2 is 2.55 bits per heavy atom. The van der Waals surface area contributed by atoms with Gasteiger partial charge in [-0.3, -0.25) is 4.79 Å². The van der Waals surface area contributed by atoms with E-state index in [0.29, 0.717) is 6.04 Å². The van der Waals surface area contributed by atoms with Gasteiger partial charge in [-0.2, -0.15) is 0 Å². The molecule has 0 saturated carbocycles. The Labute approximate surface area is 67.9 Å². The van der Waals surface area contributed by atoms with Gasteiger partial charge in [0.25, 0.3) is 0 Å². The molecule has 2 nitrogen and oxygen atoms in total. The lowest BCUT2D eigenvalue weighted by Gasteiger charge is -2.33. The number of hydrogen-bond donors (Lipinski definition) is 0. The van der Waals surface area contributed by atoms with Gasteiger partial charge in [0.15, 0.2) is 0 Å². The topological polar surface area (TPSA) is 20.3 Å². The van der Waals surface area contributed by atoms with Crippen LogP contribution in [0.4, 0.5) is 0 Å². The molecule has 1 aliphatic heterocycles. The first kappa shape index (κ1) is 8.31. The summed E-state index contributed by atoms with van der Waals surface area (Å²) in [6, 6.07) is 0.411. The van der Waals surface area contributed by atoms with Crippen molar-refractivity contribution < 1.29 is 4.79 Å². The van der Waals surface area contributed by atoms with Gasteiger partial charge >= 0.3 is 0 Å². The molecular weight excluding hydrogens is 138 g/mol. The third kappa shape index (κ3) is 1.82. The molecule has 0 N–H and O–H groups in total. The van der Waals surface area contributed by atoms with Crippen LogP contribution >= 0.6 is 0 Å². The average molecular weight is 153 g/mol. The number of nitrogens with zero attached hydrogens (tertiary/aromatic N) is 1. The van der Waals surface area contributed by atoms with Crippen LogP contribution in [0.1, 0.15) is 26.2 Å². The number of amides is 1. The van der Waals surface area contributed by atoms with E-state index in [1.807, 2.05) is 4.90 Å². The van der Waals surface area contributed by atoms with Crippen molar-refractivity contribution in [3.8, 4) is 0 Å². The monoisotopic (exact) mass is 153 g/mol. The molecule has 0 aromatic rings. The Morgan fingerprint density at radius 3 is 3.09 bits per heavy atom. The first-order valence-corrected chi connectivity index (χ1v) is 4.15. The molecule has 1 aliphatic rings. The third-order valence-corrected chi connectivity index (χ3v) is 2.32. The number of rotatable bonds is 2. The van der Waals surface area contributed by atoms with Crippen LogP contribution in [0.25, 0.3) is 0 Å². The molecule has 2 heteroatoms. The summed E-state index contributed by atoms with van der Waals surface area (Å²) in [6.07, 6.45) is 3.98. The molecule has 1 saturated heterocycles. The zero-order valence-electron chi connectivity index (χ0n) is 7.05. The second-order valence-corrected chi connectivity index (χ2v) is 3.11. The maximum absolute atomic E-state index is 10.5. The molecule has 0 aromatic heterocycles. The quantitative estimate of drug-likeness (QED) is 0.435. The van der Waals surface area contributed by atoms with Crippen LogP contribution < -0.4 is 0 Å². The molecule has 1 rings (SSSR count). The largest absolute Gasteiger partial charge is 0.342 e. The normalized spacial score (nSPS) is 25.4. The van der Waals surface area contributed by atoms with Gasteiger partial charge in [-0.05, 0) is 19.3 Å². The lowest BCUT2D eigenvalue weighted by Crippen LogP contribution is -2.38. The molecule has 0 aliphatic carbocycles. The summed E-state index contributed by atoms with van der Waals surface area (Å²) < 4.78 is 0. The van der Waals surface area contributed by atoms with Crippen LogP contribution in [0.5, 0.6) is 0 Å². The average Bonchev–Trinajstić information content (AvgIpc) is 2.04. The molecule has 1 amide bonds. The smallest absolute Gasteiger partial charge is 0.209 e. The van der Waals surface area contributed by atoms with E-state index in [9.17, 15) is 4.79 Å².